The van der Waals surface area contributed by atoms with E-state index in [0.717, 1.165) is 25.9 Å². The molecule has 2 N–H and O–H groups in total. The molecule has 1 atom stereocenters. The maximum absolute atomic E-state index is 12.8. The molecular weight excluding hydrogens is 339 g/mol. The Morgan fingerprint density at radius 3 is 2.50 bits per heavy atom. The largest absolute Gasteiger partial charge is 0.491 e. The summed E-state index contributed by atoms with van der Waals surface area (Å²) in [5, 5.41) is 13.0. The van der Waals surface area contributed by atoms with Crippen molar-refractivity contribution < 1.29 is 23.8 Å². The summed E-state index contributed by atoms with van der Waals surface area (Å²) >= 11 is 0. The molecule has 1 unspecified atom stereocenters. The Hall–Kier alpha value is -1.86. The van der Waals surface area contributed by atoms with Crippen molar-refractivity contribution in [3.63, 3.8) is 0 Å². The molecule has 7 heteroatoms. The standard InChI is InChI=1S/C19H29FN2O4/c1-19(2,3)26-18(24)21-15-8-10-22(11-9-15)12-16(23)13-25-17-6-4-14(20)5-7-17/h4-7,15-16,23H,8-13H2,1-3H3,(H,21,24). The molecule has 146 valence electrons. The summed E-state index contributed by atoms with van der Waals surface area (Å²) in [4.78, 5) is 13.9. The van der Waals surface area contributed by atoms with Gasteiger partial charge in [-0.2, -0.15) is 0 Å². The smallest absolute Gasteiger partial charge is 0.407 e. The van der Waals surface area contributed by atoms with E-state index >= 15 is 0 Å². The fourth-order valence-corrected chi connectivity index (χ4v) is 2.81. The van der Waals surface area contributed by atoms with Crippen LogP contribution >= 0.6 is 0 Å². The number of alkyl carbamates (subject to hydrolysis) is 1. The van der Waals surface area contributed by atoms with Crippen LogP contribution in [0.5, 0.6) is 5.75 Å². The fraction of sp³-hybridized carbons (Fsp3) is 0.632. The van der Waals surface area contributed by atoms with Crippen LogP contribution in [-0.2, 0) is 4.74 Å². The van der Waals surface area contributed by atoms with Crippen molar-refractivity contribution in [3.05, 3.63) is 30.1 Å². The molecule has 1 fully saturated rings. The zero-order valence-corrected chi connectivity index (χ0v) is 15.7. The third-order valence-corrected chi connectivity index (χ3v) is 4.03. The molecule has 1 aromatic carbocycles. The van der Waals surface area contributed by atoms with Gasteiger partial charge in [0.2, 0.25) is 0 Å². The molecule has 6 nitrogen and oxygen atoms in total. The highest BCUT2D eigenvalue weighted by Gasteiger charge is 2.24. The summed E-state index contributed by atoms with van der Waals surface area (Å²) in [6, 6.07) is 5.81. The number of aliphatic hydroxyl groups is 1. The van der Waals surface area contributed by atoms with Crippen LogP contribution in [0.1, 0.15) is 33.6 Å². The third-order valence-electron chi connectivity index (χ3n) is 4.03. The second kappa shape index (κ2) is 9.19. The van der Waals surface area contributed by atoms with Gasteiger partial charge >= 0.3 is 6.09 Å². The molecule has 0 saturated carbocycles. The number of rotatable bonds is 6. The molecule has 0 aromatic heterocycles. The summed E-state index contributed by atoms with van der Waals surface area (Å²) in [6.07, 6.45) is 0.606. The Bertz CT molecular complexity index is 566. The first-order valence-corrected chi connectivity index (χ1v) is 8.99. The number of benzene rings is 1. The molecule has 0 spiro atoms. The fourth-order valence-electron chi connectivity index (χ4n) is 2.81. The maximum Gasteiger partial charge on any atom is 0.407 e. The summed E-state index contributed by atoms with van der Waals surface area (Å²) in [6.45, 7) is 7.74. The third kappa shape index (κ3) is 7.58. The van der Waals surface area contributed by atoms with Crippen LogP contribution in [-0.4, -0.2) is 60.1 Å². The molecular formula is C19H29FN2O4. The van der Waals surface area contributed by atoms with Crippen LogP contribution < -0.4 is 10.1 Å². The SMILES string of the molecule is CC(C)(C)OC(=O)NC1CCN(CC(O)COc2ccc(F)cc2)CC1. The van der Waals surface area contributed by atoms with Gasteiger partial charge in [0.05, 0.1) is 0 Å². The second-order valence-corrected chi connectivity index (χ2v) is 7.64. The van der Waals surface area contributed by atoms with E-state index in [1.54, 1.807) is 0 Å². The van der Waals surface area contributed by atoms with E-state index in [1.165, 1.54) is 24.3 Å². The van der Waals surface area contributed by atoms with Gasteiger partial charge in [0.15, 0.2) is 0 Å². The van der Waals surface area contributed by atoms with Crippen molar-refractivity contribution in [3.8, 4) is 5.75 Å². The number of β-amino-alcohol motifs (C(OH)–C–C–N with tert-alkyl or cyclic N) is 1. The number of hydrogen-bond acceptors (Lipinski definition) is 5. The van der Waals surface area contributed by atoms with Gasteiger partial charge in [-0.15, -0.1) is 0 Å². The number of piperidine rings is 1. The van der Waals surface area contributed by atoms with Gasteiger partial charge in [-0.3, -0.25) is 0 Å². The van der Waals surface area contributed by atoms with Crippen molar-refractivity contribution in [2.24, 2.45) is 0 Å². The van der Waals surface area contributed by atoms with Gasteiger partial charge in [0.1, 0.15) is 29.9 Å². The molecule has 0 bridgehead atoms. The van der Waals surface area contributed by atoms with E-state index in [1.807, 2.05) is 20.8 Å². The predicted molar refractivity (Wildman–Crippen MR) is 96.7 cm³/mol. The Labute approximate surface area is 154 Å². The van der Waals surface area contributed by atoms with Crippen LogP contribution in [0.25, 0.3) is 0 Å². The minimum atomic E-state index is -0.629. The van der Waals surface area contributed by atoms with Crippen molar-refractivity contribution in [1.82, 2.24) is 10.2 Å². The van der Waals surface area contributed by atoms with Crippen LogP contribution in [0.15, 0.2) is 24.3 Å². The number of nitrogens with one attached hydrogen (secondary N) is 1. The lowest BCUT2D eigenvalue weighted by Gasteiger charge is -2.33. The first-order valence-electron chi connectivity index (χ1n) is 8.99. The molecule has 2 rings (SSSR count). The van der Waals surface area contributed by atoms with Crippen LogP contribution in [0, 0.1) is 5.82 Å². The van der Waals surface area contributed by atoms with E-state index < -0.39 is 11.7 Å². The Balaban J connectivity index is 1.64. The summed E-state index contributed by atoms with van der Waals surface area (Å²) in [5.74, 6) is 0.214. The number of carbonyl (C=O) groups is 1. The molecule has 1 aliphatic heterocycles. The van der Waals surface area contributed by atoms with Gasteiger partial charge in [0.25, 0.3) is 0 Å². The zero-order valence-electron chi connectivity index (χ0n) is 15.7. The van der Waals surface area contributed by atoms with E-state index in [0.29, 0.717) is 12.3 Å². The number of amides is 1. The second-order valence-electron chi connectivity index (χ2n) is 7.64. The number of hydrogen-bond donors (Lipinski definition) is 2. The number of likely N-dealkylation sites (tertiary alicyclic amines) is 1. The first-order chi connectivity index (χ1) is 12.2. The molecule has 1 heterocycles. The van der Waals surface area contributed by atoms with Crippen LogP contribution in [0.3, 0.4) is 0 Å². The topological polar surface area (TPSA) is 71.0 Å². The summed E-state index contributed by atoms with van der Waals surface area (Å²) in [7, 11) is 0. The zero-order chi connectivity index (χ0) is 19.2. The number of carbonyl (C=O) groups excluding carboxylic acids is 1. The quantitative estimate of drug-likeness (QED) is 0.808. The van der Waals surface area contributed by atoms with Crippen LogP contribution in [0.4, 0.5) is 9.18 Å². The van der Waals surface area contributed by atoms with E-state index in [9.17, 15) is 14.3 Å². The Morgan fingerprint density at radius 2 is 1.92 bits per heavy atom. The molecule has 1 aromatic rings. The van der Waals surface area contributed by atoms with Gasteiger partial charge in [-0.05, 0) is 57.9 Å². The normalized spacial score (nSPS) is 17.6. The Kier molecular flexibility index (Phi) is 7.23. The van der Waals surface area contributed by atoms with Crippen molar-refractivity contribution in [2.45, 2.75) is 51.4 Å². The van der Waals surface area contributed by atoms with Gasteiger partial charge < -0.3 is 24.8 Å². The van der Waals surface area contributed by atoms with Crippen molar-refractivity contribution >= 4 is 6.09 Å². The maximum atomic E-state index is 12.8. The molecule has 0 radical (unpaired) electrons. The first kappa shape index (κ1) is 20.5. The predicted octanol–water partition coefficient (Wildman–Crippen LogP) is 2.55. The molecule has 1 saturated heterocycles. The van der Waals surface area contributed by atoms with Gasteiger partial charge in [0, 0.05) is 25.7 Å². The highest BCUT2D eigenvalue weighted by Crippen LogP contribution is 2.14. The minimum Gasteiger partial charge on any atom is -0.491 e. The van der Waals surface area contributed by atoms with Crippen molar-refractivity contribution in [2.75, 3.05) is 26.2 Å². The van der Waals surface area contributed by atoms with E-state index in [-0.39, 0.29) is 24.6 Å². The summed E-state index contributed by atoms with van der Waals surface area (Å²) < 4.78 is 23.6. The summed E-state index contributed by atoms with van der Waals surface area (Å²) in [5.41, 5.74) is -0.501. The van der Waals surface area contributed by atoms with Gasteiger partial charge in [-0.25, -0.2) is 9.18 Å². The number of halogens is 1. The number of ether oxygens (including phenoxy) is 2. The van der Waals surface area contributed by atoms with Gasteiger partial charge in [-0.1, -0.05) is 0 Å². The highest BCUT2D eigenvalue weighted by atomic mass is 19.1. The molecule has 1 amide bonds. The average molecular weight is 368 g/mol. The lowest BCUT2D eigenvalue weighted by atomic mass is 10.0. The number of nitrogens with zero attached hydrogens (tertiary/aromatic N) is 1. The van der Waals surface area contributed by atoms with E-state index in [4.69, 9.17) is 9.47 Å². The molecule has 26 heavy (non-hydrogen) atoms. The van der Waals surface area contributed by atoms with Crippen LogP contribution in [0.2, 0.25) is 0 Å². The lowest BCUT2D eigenvalue weighted by Crippen LogP contribution is -2.48. The molecule has 1 aliphatic rings. The van der Waals surface area contributed by atoms with Crippen molar-refractivity contribution in [1.29, 1.82) is 0 Å². The average Bonchev–Trinajstić information content (AvgIpc) is 2.54. The minimum absolute atomic E-state index is 0.0914. The Morgan fingerprint density at radius 1 is 1.31 bits per heavy atom. The van der Waals surface area contributed by atoms with E-state index in [2.05, 4.69) is 10.2 Å². The number of aliphatic hydroxyl groups excluding tert-OH is 1. The lowest BCUT2D eigenvalue weighted by molar-refractivity contribution is 0.0421. The molecule has 0 aliphatic carbocycles. The monoisotopic (exact) mass is 368 g/mol. The highest BCUT2D eigenvalue weighted by molar-refractivity contribution is 5.68.